The third-order valence-electron chi connectivity index (χ3n) is 4.49. The van der Waals surface area contributed by atoms with Crippen LogP contribution in [0.1, 0.15) is 31.9 Å². The van der Waals surface area contributed by atoms with Crippen molar-refractivity contribution in [2.75, 3.05) is 13.7 Å². The summed E-state index contributed by atoms with van der Waals surface area (Å²) in [5.74, 6) is 0.901. The van der Waals surface area contributed by atoms with Gasteiger partial charge in [-0.15, -0.1) is 0 Å². The topological polar surface area (TPSA) is 67.9 Å². The molecule has 0 aliphatic carbocycles. The summed E-state index contributed by atoms with van der Waals surface area (Å²) in [6.07, 6.45) is 0. The first-order valence-electron chi connectivity index (χ1n) is 9.72. The van der Waals surface area contributed by atoms with Crippen LogP contribution in [0.4, 0.5) is 0 Å². The summed E-state index contributed by atoms with van der Waals surface area (Å²) in [4.78, 5) is 27.0. The molecule has 0 fully saturated rings. The molecule has 0 saturated heterocycles. The number of ether oxygens (including phenoxy) is 2. The van der Waals surface area contributed by atoms with Gasteiger partial charge in [0.15, 0.2) is 6.61 Å². The van der Waals surface area contributed by atoms with E-state index in [9.17, 15) is 9.59 Å². The molecule has 0 heterocycles. The maximum absolute atomic E-state index is 12.9. The summed E-state index contributed by atoms with van der Waals surface area (Å²) < 4.78 is 10.8. The monoisotopic (exact) mass is 398 g/mol. The molecule has 0 bridgehead atoms. The van der Waals surface area contributed by atoms with E-state index in [2.05, 4.69) is 5.32 Å². The van der Waals surface area contributed by atoms with Crippen LogP contribution in [0.15, 0.2) is 48.5 Å². The molecule has 1 unspecified atom stereocenters. The highest BCUT2D eigenvalue weighted by molar-refractivity contribution is 5.88. The van der Waals surface area contributed by atoms with Crippen LogP contribution in [0.25, 0.3) is 0 Å². The second kappa shape index (κ2) is 10.5. The van der Waals surface area contributed by atoms with E-state index >= 15 is 0 Å². The third kappa shape index (κ3) is 6.82. The second-order valence-electron chi connectivity index (χ2n) is 7.31. The number of benzene rings is 2. The van der Waals surface area contributed by atoms with Gasteiger partial charge < -0.3 is 19.7 Å². The van der Waals surface area contributed by atoms with Crippen LogP contribution in [-0.2, 0) is 16.1 Å². The largest absolute Gasteiger partial charge is 0.497 e. The van der Waals surface area contributed by atoms with Crippen molar-refractivity contribution in [2.45, 2.75) is 46.3 Å². The van der Waals surface area contributed by atoms with Gasteiger partial charge in [-0.3, -0.25) is 9.59 Å². The molecule has 0 saturated carbocycles. The number of nitrogens with one attached hydrogen (secondary N) is 1. The minimum Gasteiger partial charge on any atom is -0.497 e. The zero-order valence-electron chi connectivity index (χ0n) is 17.8. The highest BCUT2D eigenvalue weighted by Crippen LogP contribution is 2.16. The van der Waals surface area contributed by atoms with Crippen LogP contribution in [0.5, 0.6) is 11.5 Å². The smallest absolute Gasteiger partial charge is 0.261 e. The van der Waals surface area contributed by atoms with Gasteiger partial charge in [0.1, 0.15) is 17.5 Å². The van der Waals surface area contributed by atoms with Gasteiger partial charge in [0.05, 0.1) is 7.11 Å². The maximum atomic E-state index is 12.9. The number of hydrogen-bond donors (Lipinski definition) is 1. The van der Waals surface area contributed by atoms with Crippen LogP contribution >= 0.6 is 0 Å². The molecule has 2 aromatic carbocycles. The van der Waals surface area contributed by atoms with Crippen LogP contribution in [-0.4, -0.2) is 42.5 Å². The van der Waals surface area contributed by atoms with Gasteiger partial charge in [-0.2, -0.15) is 0 Å². The number of nitrogens with zero attached hydrogens (tertiary/aromatic N) is 1. The van der Waals surface area contributed by atoms with Gasteiger partial charge in [-0.1, -0.05) is 29.8 Å². The van der Waals surface area contributed by atoms with E-state index in [1.54, 1.807) is 14.0 Å². The molecule has 2 aromatic rings. The van der Waals surface area contributed by atoms with Gasteiger partial charge in [0.2, 0.25) is 5.91 Å². The Kier molecular flexibility index (Phi) is 8.07. The number of hydrogen-bond acceptors (Lipinski definition) is 4. The summed E-state index contributed by atoms with van der Waals surface area (Å²) in [5, 5.41) is 2.87. The van der Waals surface area contributed by atoms with Crippen LogP contribution < -0.4 is 14.8 Å². The first kappa shape index (κ1) is 22.3. The molecular formula is C23H30N2O4. The Bertz CT molecular complexity index is 801. The van der Waals surface area contributed by atoms with Crippen molar-refractivity contribution < 1.29 is 19.1 Å². The summed E-state index contributed by atoms with van der Waals surface area (Å²) in [6, 6.07) is 14.3. The Hall–Kier alpha value is -3.02. The summed E-state index contributed by atoms with van der Waals surface area (Å²) in [7, 11) is 1.60. The van der Waals surface area contributed by atoms with Crippen molar-refractivity contribution >= 4 is 11.8 Å². The molecule has 2 amide bonds. The lowest BCUT2D eigenvalue weighted by Crippen LogP contribution is -2.50. The molecular weight excluding hydrogens is 368 g/mol. The minimum absolute atomic E-state index is 0.00769. The highest BCUT2D eigenvalue weighted by Gasteiger charge is 2.26. The average Bonchev–Trinajstić information content (AvgIpc) is 2.70. The van der Waals surface area contributed by atoms with Crippen LogP contribution in [0, 0.1) is 6.92 Å². The van der Waals surface area contributed by atoms with Crippen LogP contribution in [0.2, 0.25) is 0 Å². The fourth-order valence-electron chi connectivity index (χ4n) is 2.78. The molecule has 1 atom stereocenters. The number of aryl methyl sites for hydroxylation is 1. The lowest BCUT2D eigenvalue weighted by atomic mass is 10.1. The first-order chi connectivity index (χ1) is 13.8. The molecule has 29 heavy (non-hydrogen) atoms. The Balaban J connectivity index is 2.13. The van der Waals surface area contributed by atoms with Gasteiger partial charge >= 0.3 is 0 Å². The minimum atomic E-state index is -0.631. The zero-order valence-corrected chi connectivity index (χ0v) is 17.8. The van der Waals surface area contributed by atoms with Crippen LogP contribution in [0.3, 0.4) is 0 Å². The van der Waals surface area contributed by atoms with Crippen molar-refractivity contribution in [2.24, 2.45) is 0 Å². The van der Waals surface area contributed by atoms with Gasteiger partial charge in [-0.05, 0) is 57.5 Å². The van der Waals surface area contributed by atoms with Crippen molar-refractivity contribution in [3.8, 4) is 11.5 Å². The van der Waals surface area contributed by atoms with Crippen molar-refractivity contribution in [1.82, 2.24) is 10.2 Å². The molecule has 0 aromatic heterocycles. The second-order valence-corrected chi connectivity index (χ2v) is 7.31. The predicted molar refractivity (Wildman–Crippen MR) is 113 cm³/mol. The number of amides is 2. The fourth-order valence-corrected chi connectivity index (χ4v) is 2.78. The maximum Gasteiger partial charge on any atom is 0.261 e. The van der Waals surface area contributed by atoms with E-state index in [0.29, 0.717) is 12.3 Å². The molecule has 0 radical (unpaired) electrons. The summed E-state index contributed by atoms with van der Waals surface area (Å²) in [5.41, 5.74) is 2.02. The SMILES string of the molecule is COc1ccc(CN(C(=O)COc2ccc(C)cc2)C(C)C(=O)NC(C)C)cc1. The molecule has 6 nitrogen and oxygen atoms in total. The van der Waals surface area contributed by atoms with E-state index in [-0.39, 0.29) is 24.5 Å². The standard InChI is InChI=1S/C23H30N2O4/c1-16(2)24-23(27)18(4)25(14-19-8-12-20(28-5)13-9-19)22(26)15-29-21-10-6-17(3)7-11-21/h6-13,16,18H,14-15H2,1-5H3,(H,24,27). The number of methoxy groups -OCH3 is 1. The molecule has 1 N–H and O–H groups in total. The number of rotatable bonds is 9. The molecule has 2 rings (SSSR count). The van der Waals surface area contributed by atoms with E-state index in [4.69, 9.17) is 9.47 Å². The average molecular weight is 399 g/mol. The third-order valence-corrected chi connectivity index (χ3v) is 4.49. The normalized spacial score (nSPS) is 11.7. The number of carbonyl (C=O) groups is 2. The Morgan fingerprint density at radius 3 is 2.10 bits per heavy atom. The quantitative estimate of drug-likeness (QED) is 0.704. The Morgan fingerprint density at radius 1 is 0.966 bits per heavy atom. The highest BCUT2D eigenvalue weighted by atomic mass is 16.5. The molecule has 0 aliphatic rings. The van der Waals surface area contributed by atoms with E-state index in [1.807, 2.05) is 69.3 Å². The van der Waals surface area contributed by atoms with E-state index < -0.39 is 6.04 Å². The fraction of sp³-hybridized carbons (Fsp3) is 0.391. The summed E-state index contributed by atoms with van der Waals surface area (Å²) >= 11 is 0. The van der Waals surface area contributed by atoms with Gasteiger partial charge in [0.25, 0.3) is 5.91 Å². The molecule has 6 heteroatoms. The predicted octanol–water partition coefficient (Wildman–Crippen LogP) is 3.32. The van der Waals surface area contributed by atoms with E-state index in [0.717, 1.165) is 16.9 Å². The Morgan fingerprint density at radius 2 is 1.55 bits per heavy atom. The summed E-state index contributed by atoms with van der Waals surface area (Å²) in [6.45, 7) is 7.65. The molecule has 0 aliphatic heterocycles. The Labute approximate surface area is 172 Å². The molecule has 156 valence electrons. The first-order valence-corrected chi connectivity index (χ1v) is 9.72. The zero-order chi connectivity index (χ0) is 21.4. The van der Waals surface area contributed by atoms with Crippen molar-refractivity contribution in [3.63, 3.8) is 0 Å². The molecule has 0 spiro atoms. The lowest BCUT2D eigenvalue weighted by Gasteiger charge is -2.29. The van der Waals surface area contributed by atoms with Gasteiger partial charge in [0, 0.05) is 12.6 Å². The lowest BCUT2D eigenvalue weighted by molar-refractivity contribution is -0.142. The van der Waals surface area contributed by atoms with Crippen molar-refractivity contribution in [3.05, 3.63) is 59.7 Å². The van der Waals surface area contributed by atoms with Crippen molar-refractivity contribution in [1.29, 1.82) is 0 Å². The van der Waals surface area contributed by atoms with E-state index in [1.165, 1.54) is 4.90 Å². The number of carbonyl (C=O) groups excluding carboxylic acids is 2. The van der Waals surface area contributed by atoms with Gasteiger partial charge in [-0.25, -0.2) is 0 Å².